The minimum Gasteiger partial charge on any atom is -0.442 e. The van der Waals surface area contributed by atoms with E-state index < -0.39 is 39.2 Å². The van der Waals surface area contributed by atoms with Crippen molar-refractivity contribution in [2.45, 2.75) is 31.1 Å². The summed E-state index contributed by atoms with van der Waals surface area (Å²) in [5.41, 5.74) is 0.922. The highest BCUT2D eigenvalue weighted by Gasteiger charge is 2.44. The summed E-state index contributed by atoms with van der Waals surface area (Å²) >= 11 is 1.82. The van der Waals surface area contributed by atoms with E-state index in [1.807, 2.05) is 18.7 Å². The zero-order chi connectivity index (χ0) is 24.5. The van der Waals surface area contributed by atoms with Crippen molar-refractivity contribution in [2.24, 2.45) is 0 Å². The number of amides is 1. The number of halogens is 2. The van der Waals surface area contributed by atoms with Gasteiger partial charge in [0, 0.05) is 25.2 Å². The number of anilines is 2. The highest BCUT2D eigenvalue weighted by molar-refractivity contribution is 7.99. The highest BCUT2D eigenvalue weighted by atomic mass is 32.2. The van der Waals surface area contributed by atoms with Gasteiger partial charge in [-0.2, -0.15) is 20.2 Å². The lowest BCUT2D eigenvalue weighted by Crippen LogP contribution is -2.31. The number of carbonyl (C=O) groups excluding carboxylic acids is 1. The molecule has 2 aromatic rings. The van der Waals surface area contributed by atoms with E-state index in [1.165, 1.54) is 12.1 Å². The molecule has 0 spiro atoms. The maximum atomic E-state index is 15.1. The summed E-state index contributed by atoms with van der Waals surface area (Å²) in [7, 11) is -4.65. The molecule has 0 radical (unpaired) electrons. The zero-order valence-corrected chi connectivity index (χ0v) is 20.2. The molecule has 0 aliphatic carbocycles. The Bertz CT molecular complexity index is 1130. The Hall–Kier alpha value is -2.37. The van der Waals surface area contributed by atoms with Gasteiger partial charge in [0.15, 0.2) is 16.9 Å². The Labute approximate surface area is 201 Å². The Balaban J connectivity index is 1.60. The molecule has 0 unspecified atom stereocenters. The van der Waals surface area contributed by atoms with Crippen LogP contribution in [0.4, 0.5) is 25.0 Å². The van der Waals surface area contributed by atoms with Crippen molar-refractivity contribution in [1.82, 2.24) is 0 Å². The molecule has 34 heavy (non-hydrogen) atoms. The number of thioether (sulfide) groups is 1. The van der Waals surface area contributed by atoms with Crippen LogP contribution < -0.4 is 9.80 Å². The van der Waals surface area contributed by atoms with E-state index in [9.17, 15) is 17.8 Å². The first-order valence-electron chi connectivity index (χ1n) is 11.0. The van der Waals surface area contributed by atoms with Crippen LogP contribution in [0.3, 0.4) is 0 Å². The molecule has 2 aliphatic heterocycles. The van der Waals surface area contributed by atoms with Crippen molar-refractivity contribution >= 4 is 39.3 Å². The number of hydrogen-bond donors (Lipinski definition) is 1. The van der Waals surface area contributed by atoms with Crippen LogP contribution >= 0.6 is 11.8 Å². The van der Waals surface area contributed by atoms with E-state index in [0.717, 1.165) is 46.9 Å². The van der Waals surface area contributed by atoms with E-state index in [4.69, 9.17) is 4.74 Å². The number of cyclic esters (lactones) is 1. The Morgan fingerprint density at radius 1 is 1.09 bits per heavy atom. The molecule has 0 aromatic heterocycles. The second kappa shape index (κ2) is 10.1. The van der Waals surface area contributed by atoms with E-state index in [0.29, 0.717) is 13.1 Å². The van der Waals surface area contributed by atoms with Crippen LogP contribution in [0, 0.1) is 18.6 Å². The average molecular weight is 513 g/mol. The van der Waals surface area contributed by atoms with E-state index in [1.54, 1.807) is 17.0 Å². The van der Waals surface area contributed by atoms with Crippen LogP contribution in [-0.4, -0.2) is 56.3 Å². The number of hydrogen-bond acceptors (Lipinski definition) is 6. The zero-order valence-electron chi connectivity index (χ0n) is 18.6. The highest BCUT2D eigenvalue weighted by Crippen LogP contribution is 2.36. The normalized spacial score (nSPS) is 20.6. The molecule has 7 nitrogen and oxygen atoms in total. The Kier molecular flexibility index (Phi) is 7.34. The molecule has 184 valence electrons. The van der Waals surface area contributed by atoms with Crippen LogP contribution in [-0.2, 0) is 14.9 Å². The van der Waals surface area contributed by atoms with Gasteiger partial charge in [0.05, 0.1) is 12.2 Å². The molecule has 2 fully saturated rings. The third-order valence-corrected chi connectivity index (χ3v) is 8.33. The number of benzene rings is 2. The second-order valence-corrected chi connectivity index (χ2v) is 11.2. The van der Waals surface area contributed by atoms with Gasteiger partial charge < -0.3 is 9.64 Å². The van der Waals surface area contributed by atoms with Crippen LogP contribution in [0.1, 0.15) is 29.2 Å². The maximum absolute atomic E-state index is 15.1. The van der Waals surface area contributed by atoms with Crippen LogP contribution in [0.2, 0.25) is 0 Å². The summed E-state index contributed by atoms with van der Waals surface area (Å²) in [4.78, 5) is 15.2. The molecule has 2 saturated heterocycles. The van der Waals surface area contributed by atoms with Gasteiger partial charge in [-0.1, -0.05) is 29.8 Å². The number of aryl methyl sites for hydroxylation is 1. The molecule has 2 aliphatic rings. The van der Waals surface area contributed by atoms with Gasteiger partial charge >= 0.3 is 6.09 Å². The molecule has 0 saturated carbocycles. The summed E-state index contributed by atoms with van der Waals surface area (Å²) in [6.45, 7) is 2.58. The molecule has 2 aromatic carbocycles. The molecule has 0 bridgehead atoms. The Morgan fingerprint density at radius 2 is 1.68 bits per heavy atom. The molecule has 1 amide bonds. The lowest BCUT2D eigenvalue weighted by atomic mass is 10.1. The van der Waals surface area contributed by atoms with Gasteiger partial charge in [-0.05, 0) is 36.8 Å². The lowest BCUT2D eigenvalue weighted by molar-refractivity contribution is 0.137. The number of nitrogens with zero attached hydrogens (tertiary/aromatic N) is 2. The van der Waals surface area contributed by atoms with E-state index >= 15 is 8.78 Å². The largest absolute Gasteiger partial charge is 0.442 e. The predicted octanol–water partition coefficient (Wildman–Crippen LogP) is 4.56. The third kappa shape index (κ3) is 5.31. The number of carbonyl (C=O) groups is 1. The summed E-state index contributed by atoms with van der Waals surface area (Å²) in [6.07, 6.45) is -0.591. The van der Waals surface area contributed by atoms with E-state index in [-0.39, 0.29) is 23.5 Å². The first kappa shape index (κ1) is 24.7. The topological polar surface area (TPSA) is 87.2 Å². The van der Waals surface area contributed by atoms with Crippen molar-refractivity contribution in [2.75, 3.05) is 40.9 Å². The molecular formula is C23H26F2N2O5S2. The SMILES string of the molecule is Cc1ccc([C@H]([C@H]2CN(c3cc(F)c(N4CCCSCCC4)c(F)c3)C(=O)O2)S(=O)(=O)O)cc1. The number of rotatable bonds is 5. The van der Waals surface area contributed by atoms with Crippen molar-refractivity contribution in [1.29, 1.82) is 0 Å². The average Bonchev–Trinajstić information content (AvgIpc) is 3.10. The van der Waals surface area contributed by atoms with Crippen molar-refractivity contribution < 1.29 is 31.3 Å². The van der Waals surface area contributed by atoms with Gasteiger partial charge in [0.2, 0.25) is 0 Å². The summed E-state index contributed by atoms with van der Waals surface area (Å²) in [6, 6.07) is 8.53. The van der Waals surface area contributed by atoms with Gasteiger partial charge in [-0.15, -0.1) is 0 Å². The lowest BCUT2D eigenvalue weighted by Gasteiger charge is -2.28. The van der Waals surface area contributed by atoms with Gasteiger partial charge in [0.1, 0.15) is 11.8 Å². The quantitative estimate of drug-likeness (QED) is 0.588. The fraction of sp³-hybridized carbons (Fsp3) is 0.435. The van der Waals surface area contributed by atoms with Crippen LogP contribution in [0.15, 0.2) is 36.4 Å². The predicted molar refractivity (Wildman–Crippen MR) is 128 cm³/mol. The fourth-order valence-electron chi connectivity index (χ4n) is 4.35. The maximum Gasteiger partial charge on any atom is 0.414 e. The number of ether oxygens (including phenoxy) is 1. The van der Waals surface area contributed by atoms with Gasteiger partial charge in [-0.25, -0.2) is 13.6 Å². The molecular weight excluding hydrogens is 486 g/mol. The first-order valence-corrected chi connectivity index (χ1v) is 13.6. The van der Waals surface area contributed by atoms with Crippen molar-refractivity contribution in [3.05, 3.63) is 59.2 Å². The summed E-state index contributed by atoms with van der Waals surface area (Å²) in [5.74, 6) is 0.248. The summed E-state index contributed by atoms with van der Waals surface area (Å²) < 4.78 is 69.5. The minimum atomic E-state index is -4.65. The minimum absolute atomic E-state index is 0.0770. The molecule has 2 atom stereocenters. The monoisotopic (exact) mass is 512 g/mol. The standard InChI is InChI=1S/C23H26F2N2O5S2/c1-15-4-6-16(7-5-15)22(34(29,30)31)20-14-27(23(28)32-20)17-12-18(24)21(19(25)13-17)26-8-2-10-33-11-3-9-26/h4-7,12-13,20,22H,2-3,8-11,14H2,1H3,(H,29,30,31)/t20-,22-/m1/s1. The van der Waals surface area contributed by atoms with Crippen LogP contribution in [0.5, 0.6) is 0 Å². The van der Waals surface area contributed by atoms with Gasteiger partial charge in [0.25, 0.3) is 10.1 Å². The third-order valence-electron chi connectivity index (χ3n) is 5.96. The van der Waals surface area contributed by atoms with Crippen LogP contribution in [0.25, 0.3) is 0 Å². The molecule has 11 heteroatoms. The molecule has 1 N–H and O–H groups in total. The van der Waals surface area contributed by atoms with E-state index in [2.05, 4.69) is 0 Å². The van der Waals surface area contributed by atoms with Crippen molar-refractivity contribution in [3.63, 3.8) is 0 Å². The first-order chi connectivity index (χ1) is 16.1. The van der Waals surface area contributed by atoms with Gasteiger partial charge in [-0.3, -0.25) is 9.45 Å². The molecule has 4 rings (SSSR count). The van der Waals surface area contributed by atoms with Crippen molar-refractivity contribution in [3.8, 4) is 0 Å². The second-order valence-electron chi connectivity index (χ2n) is 8.44. The fourth-order valence-corrected chi connectivity index (χ4v) is 6.25. The summed E-state index contributed by atoms with van der Waals surface area (Å²) in [5, 5.41) is -1.53. The smallest absolute Gasteiger partial charge is 0.414 e. The molecule has 2 heterocycles. The Morgan fingerprint density at radius 3 is 2.24 bits per heavy atom.